The van der Waals surface area contributed by atoms with Crippen molar-refractivity contribution in [1.82, 2.24) is 19.9 Å². The minimum atomic E-state index is 0.566. The normalized spacial score (nSPS) is 14.0. The number of aromatic amines is 4. The summed E-state index contributed by atoms with van der Waals surface area (Å²) in [5.41, 5.74) is 2.29. The Balaban J connectivity index is 1.09. The van der Waals surface area contributed by atoms with Crippen molar-refractivity contribution in [3.05, 3.63) is 216 Å². The van der Waals surface area contributed by atoms with E-state index >= 15 is 0 Å². The first-order valence-corrected chi connectivity index (χ1v) is 22.0. The lowest BCUT2D eigenvalue weighted by Gasteiger charge is -2.06. The number of nitrogens with zero attached hydrogens (tertiary/aromatic N) is 4. The number of nitrogens with one attached hydrogen (secondary N) is 4. The van der Waals surface area contributed by atoms with E-state index in [0.29, 0.717) is 91.2 Å². The number of ether oxygens (including phenoxy) is 4. The molecule has 12 heteroatoms. The fourth-order valence-corrected chi connectivity index (χ4v) is 8.60. The van der Waals surface area contributed by atoms with Crippen molar-refractivity contribution in [2.24, 2.45) is 20.0 Å². The van der Waals surface area contributed by atoms with Gasteiger partial charge in [-0.25, -0.2) is 20.0 Å². The Morgan fingerprint density at radius 3 is 0.809 bits per heavy atom. The van der Waals surface area contributed by atoms with Crippen molar-refractivity contribution >= 4 is 66.4 Å². The predicted molar refractivity (Wildman–Crippen MR) is 263 cm³/mol. The van der Waals surface area contributed by atoms with E-state index in [1.165, 1.54) is 0 Å². The van der Waals surface area contributed by atoms with Gasteiger partial charge in [-0.3, -0.25) is 0 Å². The third kappa shape index (κ3) is 7.24. The van der Waals surface area contributed by atoms with Crippen LogP contribution in [0.1, 0.15) is 0 Å². The summed E-state index contributed by atoms with van der Waals surface area (Å²) >= 11 is 0. The van der Waals surface area contributed by atoms with Gasteiger partial charge in [0.1, 0.15) is 91.2 Å². The quantitative estimate of drug-likeness (QED) is 0.120. The molecule has 13 rings (SSSR count). The topological polar surface area (TPSA) is 150 Å². The molecule has 0 fully saturated rings. The number of aromatic nitrogens is 4. The molecule has 0 radical (unpaired) electrons. The molecule has 8 aromatic carbocycles. The zero-order chi connectivity index (χ0) is 45.0. The van der Waals surface area contributed by atoms with Crippen LogP contribution in [0.5, 0.6) is 46.0 Å². The van der Waals surface area contributed by atoms with Crippen LogP contribution in [0.3, 0.4) is 0 Å². The molecule has 0 saturated carbocycles. The van der Waals surface area contributed by atoms with Crippen molar-refractivity contribution in [3.63, 3.8) is 0 Å². The van der Waals surface area contributed by atoms with Crippen molar-refractivity contribution in [2.75, 3.05) is 0 Å². The fraction of sp³-hybridized carbons (Fsp3) is 0. The Hall–Kier alpha value is -9.68. The maximum absolute atomic E-state index is 6.35. The molecule has 4 aromatic heterocycles. The number of benzene rings is 8. The van der Waals surface area contributed by atoms with Crippen LogP contribution in [-0.4, -0.2) is 19.9 Å². The van der Waals surface area contributed by atoms with E-state index in [1.54, 1.807) is 0 Å². The molecule has 0 aliphatic carbocycles. The Morgan fingerprint density at radius 1 is 0.221 bits per heavy atom. The molecule has 324 valence electrons. The zero-order valence-corrected chi connectivity index (χ0v) is 35.9. The van der Waals surface area contributed by atoms with Gasteiger partial charge in [-0.15, -0.1) is 0 Å². The first-order valence-electron chi connectivity index (χ1n) is 22.0. The largest absolute Gasteiger partial charge is 0.457 e. The van der Waals surface area contributed by atoms with Gasteiger partial charge < -0.3 is 38.9 Å². The van der Waals surface area contributed by atoms with Crippen LogP contribution in [0, 0.1) is 0 Å². The lowest BCUT2D eigenvalue weighted by Crippen LogP contribution is -2.10. The molecule has 0 saturated heterocycles. The Kier molecular flexibility index (Phi) is 9.17. The van der Waals surface area contributed by atoms with Crippen molar-refractivity contribution in [1.29, 1.82) is 0 Å². The summed E-state index contributed by atoms with van der Waals surface area (Å²) in [7, 11) is 0. The molecule has 0 spiro atoms. The van der Waals surface area contributed by atoms with Gasteiger partial charge in [-0.1, -0.05) is 72.8 Å². The van der Waals surface area contributed by atoms with Crippen molar-refractivity contribution in [2.45, 2.75) is 0 Å². The van der Waals surface area contributed by atoms with Gasteiger partial charge in [0.2, 0.25) is 0 Å². The van der Waals surface area contributed by atoms with Crippen LogP contribution in [0.2, 0.25) is 0 Å². The first-order chi connectivity index (χ1) is 33.6. The lowest BCUT2D eigenvalue weighted by atomic mass is 10.2. The third-order valence-electron chi connectivity index (χ3n) is 11.8. The second-order valence-corrected chi connectivity index (χ2v) is 16.2. The molecule has 5 heterocycles. The average molecular weight is 885 g/mol. The maximum atomic E-state index is 6.35. The average Bonchev–Trinajstić information content (AvgIpc) is 4.10. The number of para-hydroxylation sites is 4. The summed E-state index contributed by atoms with van der Waals surface area (Å²) < 4.78 is 25.4. The predicted octanol–water partition coefficient (Wildman–Crippen LogP) is 12.9. The van der Waals surface area contributed by atoms with Gasteiger partial charge in [-0.05, 0) is 121 Å². The highest BCUT2D eigenvalue weighted by Gasteiger charge is 2.18. The van der Waals surface area contributed by atoms with Crippen LogP contribution in [0.4, 0.5) is 23.3 Å². The molecule has 12 aromatic rings. The highest BCUT2D eigenvalue weighted by Crippen LogP contribution is 2.39. The SMILES string of the molecule is c1ccc(Oc2ccc3c4[nH]c(c3c2)/N=c2\[nH]/c(c3cc(Oc5ccccc5)ccc23)=N\c2[nH]c(c3cc(Oc5ccccc5)ccc23)/N=c2\[nH]/c(c3cc(Oc5ccccc5)ccc23)=N\4)cc1. The minimum absolute atomic E-state index is 0.566. The number of hydrogen-bond donors (Lipinski definition) is 4. The summed E-state index contributed by atoms with van der Waals surface area (Å²) in [6.07, 6.45) is 0. The van der Waals surface area contributed by atoms with Crippen LogP contribution in [-0.2, 0) is 0 Å². The standard InChI is InChI=1S/C56H36N8O4/c1-5-13-33(14-6-1)65-37-21-25-41-45(29-37)53-57-49(41)62-54-47-31-39(67-35-17-9-3-10-18-35)23-27-43(47)51(59-54)64-56-48-32-40(68-36-19-11-4-12-20-36)24-28-44(48)52(60-56)63-55-46-30-38(66-34-15-7-2-8-16-34)22-26-42(46)50(58-55)61-53/h1-32H,(H4,57,58,59,60,61,62,63,64). The van der Waals surface area contributed by atoms with E-state index in [0.717, 1.165) is 43.1 Å². The molecule has 4 N–H and O–H groups in total. The van der Waals surface area contributed by atoms with Crippen LogP contribution in [0.25, 0.3) is 43.1 Å². The van der Waals surface area contributed by atoms with E-state index < -0.39 is 0 Å². The summed E-state index contributed by atoms with van der Waals surface area (Å²) in [6, 6.07) is 62.5. The number of rotatable bonds is 8. The van der Waals surface area contributed by atoms with Crippen LogP contribution < -0.4 is 40.9 Å². The summed E-state index contributed by atoms with van der Waals surface area (Å²) in [5.74, 6) is 7.74. The fourth-order valence-electron chi connectivity index (χ4n) is 8.60. The van der Waals surface area contributed by atoms with Crippen LogP contribution >= 0.6 is 0 Å². The number of hydrogen-bond acceptors (Lipinski definition) is 8. The van der Waals surface area contributed by atoms with Gasteiger partial charge in [-0.2, -0.15) is 0 Å². The third-order valence-corrected chi connectivity index (χ3v) is 11.8. The minimum Gasteiger partial charge on any atom is -0.457 e. The van der Waals surface area contributed by atoms with E-state index in [2.05, 4.69) is 19.9 Å². The monoisotopic (exact) mass is 884 g/mol. The van der Waals surface area contributed by atoms with E-state index in [1.807, 2.05) is 194 Å². The van der Waals surface area contributed by atoms with Crippen molar-refractivity contribution in [3.8, 4) is 46.0 Å². The van der Waals surface area contributed by atoms with Crippen molar-refractivity contribution < 1.29 is 18.9 Å². The van der Waals surface area contributed by atoms with Gasteiger partial charge >= 0.3 is 0 Å². The highest BCUT2D eigenvalue weighted by molar-refractivity contribution is 6.02. The Labute approximate surface area is 385 Å². The molecule has 12 nitrogen and oxygen atoms in total. The van der Waals surface area contributed by atoms with E-state index in [4.69, 9.17) is 38.9 Å². The van der Waals surface area contributed by atoms with Gasteiger partial charge in [0.05, 0.1) is 0 Å². The first kappa shape index (κ1) is 38.8. The molecule has 8 bridgehead atoms. The zero-order valence-electron chi connectivity index (χ0n) is 35.9. The molecule has 1 aliphatic rings. The summed E-state index contributed by atoms with van der Waals surface area (Å²) in [4.78, 5) is 35.6. The maximum Gasteiger partial charge on any atom is 0.142 e. The molecule has 0 unspecified atom stereocenters. The molecular formula is C56H36N8O4. The van der Waals surface area contributed by atoms with E-state index in [-0.39, 0.29) is 0 Å². The lowest BCUT2D eigenvalue weighted by molar-refractivity contribution is 0.483. The molecule has 0 atom stereocenters. The Morgan fingerprint density at radius 2 is 0.485 bits per heavy atom. The number of H-pyrrole nitrogens is 4. The molecule has 68 heavy (non-hydrogen) atoms. The van der Waals surface area contributed by atoms with Gasteiger partial charge in [0, 0.05) is 43.1 Å². The smallest absolute Gasteiger partial charge is 0.142 e. The number of fused-ring (bicyclic) bond motifs is 20. The Bertz CT molecular complexity index is 3880. The molecule has 1 aliphatic heterocycles. The highest BCUT2D eigenvalue weighted by atomic mass is 16.5. The second kappa shape index (κ2) is 16.1. The molecule has 0 amide bonds. The van der Waals surface area contributed by atoms with Gasteiger partial charge in [0.25, 0.3) is 0 Å². The molecular weight excluding hydrogens is 849 g/mol. The second-order valence-electron chi connectivity index (χ2n) is 16.2. The van der Waals surface area contributed by atoms with Gasteiger partial charge in [0.15, 0.2) is 0 Å². The summed E-state index contributed by atoms with van der Waals surface area (Å²) in [6.45, 7) is 0. The summed E-state index contributed by atoms with van der Waals surface area (Å²) in [5, 5.41) is 6.52. The van der Waals surface area contributed by atoms with E-state index in [9.17, 15) is 0 Å². The van der Waals surface area contributed by atoms with Crippen LogP contribution in [0.15, 0.2) is 214 Å².